The number of amides is 1. The third-order valence-electron chi connectivity index (χ3n) is 5.34. The first-order valence-corrected chi connectivity index (χ1v) is 9.16. The van der Waals surface area contributed by atoms with Gasteiger partial charge in [0, 0.05) is 56.4 Å². The highest BCUT2D eigenvalue weighted by atomic mass is 16.2. The van der Waals surface area contributed by atoms with Crippen LogP contribution in [-0.2, 0) is 0 Å². The van der Waals surface area contributed by atoms with Gasteiger partial charge in [0.25, 0.3) is 5.91 Å². The number of carbonyl (C=O) groups excluding carboxylic acids is 2. The molecule has 1 unspecified atom stereocenters. The average molecular weight is 349 g/mol. The van der Waals surface area contributed by atoms with E-state index in [0.717, 1.165) is 32.7 Å². The first-order valence-electron chi connectivity index (χ1n) is 9.16. The largest absolute Gasteiger partial charge is 0.350 e. The normalized spacial score (nSPS) is 24.2. The van der Waals surface area contributed by atoms with Crippen molar-refractivity contribution < 1.29 is 9.59 Å². The van der Waals surface area contributed by atoms with Crippen LogP contribution in [0.1, 0.15) is 26.3 Å². The van der Waals surface area contributed by atoms with Gasteiger partial charge < -0.3 is 5.32 Å². The Morgan fingerprint density at radius 2 is 1.54 bits per heavy atom. The summed E-state index contributed by atoms with van der Waals surface area (Å²) in [6.07, 6.45) is 0. The fraction of sp³-hybridized carbons (Fsp3) is 0.333. The molecule has 2 aromatic rings. The molecule has 5 rings (SSSR count). The van der Waals surface area contributed by atoms with E-state index in [1.165, 1.54) is 0 Å². The Kier molecular flexibility index (Phi) is 4.82. The van der Waals surface area contributed by atoms with Crippen LogP contribution in [0, 0.1) is 0 Å². The molecule has 3 fully saturated rings. The van der Waals surface area contributed by atoms with Gasteiger partial charge in [-0.3, -0.25) is 19.4 Å². The summed E-state index contributed by atoms with van der Waals surface area (Å²) in [6.45, 7) is 6.01. The average Bonchev–Trinajstić information content (AvgIpc) is 2.73. The minimum atomic E-state index is -0.178. The van der Waals surface area contributed by atoms with Crippen molar-refractivity contribution in [2.24, 2.45) is 0 Å². The zero-order valence-electron chi connectivity index (χ0n) is 14.7. The Morgan fingerprint density at radius 3 is 2.19 bits per heavy atom. The van der Waals surface area contributed by atoms with E-state index in [1.54, 1.807) is 36.4 Å². The van der Waals surface area contributed by atoms with Gasteiger partial charge in [0.05, 0.1) is 5.56 Å². The number of rotatable bonds is 5. The summed E-state index contributed by atoms with van der Waals surface area (Å²) in [5, 5.41) is 3.04. The Bertz CT molecular complexity index is 798. The molecule has 3 aliphatic rings. The molecule has 0 aliphatic carbocycles. The number of ketones is 1. The smallest absolute Gasteiger partial charge is 0.252 e. The lowest BCUT2D eigenvalue weighted by molar-refractivity contribution is 0.0138. The maximum atomic E-state index is 12.8. The monoisotopic (exact) mass is 349 g/mol. The lowest BCUT2D eigenvalue weighted by atomic mass is 9.98. The van der Waals surface area contributed by atoms with Gasteiger partial charge in [0.1, 0.15) is 0 Å². The molecule has 0 radical (unpaired) electrons. The van der Waals surface area contributed by atoms with Crippen molar-refractivity contribution in [2.45, 2.75) is 6.04 Å². The molecule has 1 N–H and O–H groups in total. The second kappa shape index (κ2) is 7.40. The number of nitrogens with one attached hydrogen (secondary N) is 1. The van der Waals surface area contributed by atoms with Gasteiger partial charge in [-0.1, -0.05) is 48.5 Å². The Morgan fingerprint density at radius 1 is 0.885 bits per heavy atom. The summed E-state index contributed by atoms with van der Waals surface area (Å²) >= 11 is 0. The van der Waals surface area contributed by atoms with Crippen LogP contribution in [0.3, 0.4) is 0 Å². The molecule has 1 atom stereocenters. The molecule has 2 bridgehead atoms. The predicted molar refractivity (Wildman–Crippen MR) is 100 cm³/mol. The number of fused-ring (bicyclic) bond motifs is 3. The van der Waals surface area contributed by atoms with E-state index in [2.05, 4.69) is 15.1 Å². The highest BCUT2D eigenvalue weighted by Gasteiger charge is 2.32. The van der Waals surface area contributed by atoms with Crippen molar-refractivity contribution in [3.8, 4) is 0 Å². The SMILES string of the molecule is O=C(NCC1CN2CCN1CC2)c1ccccc1C(=O)c1ccccc1. The molecule has 3 heterocycles. The molecular formula is C21H23N3O2. The summed E-state index contributed by atoms with van der Waals surface area (Å²) in [4.78, 5) is 30.4. The second-order valence-corrected chi connectivity index (χ2v) is 6.94. The quantitative estimate of drug-likeness (QED) is 0.834. The number of carbonyl (C=O) groups is 2. The van der Waals surface area contributed by atoms with Crippen LogP contribution in [0.4, 0.5) is 0 Å². The fourth-order valence-electron chi connectivity index (χ4n) is 3.85. The first kappa shape index (κ1) is 16.9. The molecular weight excluding hydrogens is 326 g/mol. The van der Waals surface area contributed by atoms with Gasteiger partial charge in [0.2, 0.25) is 0 Å². The first-order chi connectivity index (χ1) is 12.7. The molecule has 5 heteroatoms. The van der Waals surface area contributed by atoms with E-state index in [4.69, 9.17) is 0 Å². The van der Waals surface area contributed by atoms with Crippen molar-refractivity contribution in [3.05, 3.63) is 71.3 Å². The van der Waals surface area contributed by atoms with E-state index >= 15 is 0 Å². The minimum Gasteiger partial charge on any atom is -0.350 e. The predicted octanol–water partition coefficient (Wildman–Crippen LogP) is 1.65. The van der Waals surface area contributed by atoms with Crippen molar-refractivity contribution in [2.75, 3.05) is 39.3 Å². The van der Waals surface area contributed by atoms with E-state index in [0.29, 0.717) is 29.3 Å². The van der Waals surface area contributed by atoms with Crippen molar-refractivity contribution in [1.29, 1.82) is 0 Å². The summed E-state index contributed by atoms with van der Waals surface area (Å²) in [6, 6.07) is 16.5. The van der Waals surface area contributed by atoms with Crippen LogP contribution in [0.25, 0.3) is 0 Å². The number of hydrogen-bond donors (Lipinski definition) is 1. The van der Waals surface area contributed by atoms with Crippen LogP contribution in [0.5, 0.6) is 0 Å². The molecule has 5 nitrogen and oxygen atoms in total. The third kappa shape index (κ3) is 3.41. The van der Waals surface area contributed by atoms with Crippen molar-refractivity contribution in [3.63, 3.8) is 0 Å². The molecule has 0 saturated carbocycles. The van der Waals surface area contributed by atoms with Gasteiger partial charge in [-0.05, 0) is 6.07 Å². The molecule has 3 aliphatic heterocycles. The van der Waals surface area contributed by atoms with Crippen molar-refractivity contribution >= 4 is 11.7 Å². The molecule has 3 saturated heterocycles. The van der Waals surface area contributed by atoms with Crippen LogP contribution < -0.4 is 5.32 Å². The van der Waals surface area contributed by atoms with Crippen LogP contribution in [-0.4, -0.2) is 66.8 Å². The Labute approximate surface area is 153 Å². The zero-order valence-corrected chi connectivity index (χ0v) is 14.7. The second-order valence-electron chi connectivity index (χ2n) is 6.94. The number of nitrogens with zero attached hydrogens (tertiary/aromatic N) is 2. The number of piperazine rings is 3. The molecule has 0 spiro atoms. The molecule has 2 aromatic carbocycles. The van der Waals surface area contributed by atoms with Crippen LogP contribution >= 0.6 is 0 Å². The van der Waals surface area contributed by atoms with E-state index in [-0.39, 0.29) is 11.7 Å². The molecule has 1 amide bonds. The van der Waals surface area contributed by atoms with Crippen LogP contribution in [0.15, 0.2) is 54.6 Å². The highest BCUT2D eigenvalue weighted by molar-refractivity contribution is 6.15. The summed E-state index contributed by atoms with van der Waals surface area (Å²) in [5.74, 6) is -0.300. The highest BCUT2D eigenvalue weighted by Crippen LogP contribution is 2.17. The summed E-state index contributed by atoms with van der Waals surface area (Å²) in [7, 11) is 0. The summed E-state index contributed by atoms with van der Waals surface area (Å²) in [5.41, 5.74) is 1.49. The molecule has 134 valence electrons. The maximum absolute atomic E-state index is 12.8. The fourth-order valence-corrected chi connectivity index (χ4v) is 3.85. The van der Waals surface area contributed by atoms with Gasteiger partial charge in [-0.25, -0.2) is 0 Å². The number of hydrogen-bond acceptors (Lipinski definition) is 4. The Hall–Kier alpha value is -2.50. The summed E-state index contributed by atoms with van der Waals surface area (Å²) < 4.78 is 0. The standard InChI is InChI=1S/C21H23N3O2/c25-20(16-6-2-1-3-7-16)18-8-4-5-9-19(18)21(26)22-14-17-15-23-10-12-24(17)13-11-23/h1-9,17H,10-15H2,(H,22,26). The van der Waals surface area contributed by atoms with Gasteiger partial charge in [0.15, 0.2) is 5.78 Å². The lowest BCUT2D eigenvalue weighted by Gasteiger charge is -2.47. The van der Waals surface area contributed by atoms with Gasteiger partial charge >= 0.3 is 0 Å². The minimum absolute atomic E-state index is 0.122. The topological polar surface area (TPSA) is 52.7 Å². The molecule has 26 heavy (non-hydrogen) atoms. The van der Waals surface area contributed by atoms with Crippen LogP contribution in [0.2, 0.25) is 0 Å². The zero-order chi connectivity index (χ0) is 17.9. The van der Waals surface area contributed by atoms with E-state index in [9.17, 15) is 9.59 Å². The maximum Gasteiger partial charge on any atom is 0.252 e. The van der Waals surface area contributed by atoms with Crippen molar-refractivity contribution in [1.82, 2.24) is 15.1 Å². The van der Waals surface area contributed by atoms with E-state index < -0.39 is 0 Å². The molecule has 0 aromatic heterocycles. The lowest BCUT2D eigenvalue weighted by Crippen LogP contribution is -2.63. The Balaban J connectivity index is 1.47. The van der Waals surface area contributed by atoms with Gasteiger partial charge in [-0.15, -0.1) is 0 Å². The third-order valence-corrected chi connectivity index (χ3v) is 5.34. The van der Waals surface area contributed by atoms with Gasteiger partial charge in [-0.2, -0.15) is 0 Å². The van der Waals surface area contributed by atoms with E-state index in [1.807, 2.05) is 18.2 Å². The number of benzene rings is 2.